The third kappa shape index (κ3) is 6.76. The lowest BCUT2D eigenvalue weighted by atomic mass is 9.96. The lowest BCUT2D eigenvalue weighted by Crippen LogP contribution is -2.40. The van der Waals surface area contributed by atoms with Gasteiger partial charge in [-0.1, -0.05) is 24.3 Å². The summed E-state index contributed by atoms with van der Waals surface area (Å²) in [5.41, 5.74) is -0.991. The van der Waals surface area contributed by atoms with Gasteiger partial charge in [-0.2, -0.15) is 13.2 Å². The number of carbonyl (C=O) groups is 1. The minimum atomic E-state index is -5.11. The molecule has 0 bridgehead atoms. The maximum Gasteiger partial charge on any atom is 0.426 e. The van der Waals surface area contributed by atoms with Gasteiger partial charge in [-0.3, -0.25) is 9.59 Å². The largest absolute Gasteiger partial charge is 0.426 e. The summed E-state index contributed by atoms with van der Waals surface area (Å²) in [6.45, 7) is 2.99. The van der Waals surface area contributed by atoms with Crippen molar-refractivity contribution in [2.75, 3.05) is 40.1 Å². The smallest absolute Gasteiger partial charge is 0.369 e. The Hall–Kier alpha value is -4.72. The van der Waals surface area contributed by atoms with E-state index in [1.54, 1.807) is 50.5 Å². The Morgan fingerprint density at radius 3 is 2.17 bits per heavy atom. The van der Waals surface area contributed by atoms with Crippen molar-refractivity contribution in [2.24, 2.45) is 7.05 Å². The number of alkyl halides is 4. The number of aromatic nitrogens is 2. The number of anilines is 4. The van der Waals surface area contributed by atoms with Crippen LogP contribution < -0.4 is 21.1 Å². The summed E-state index contributed by atoms with van der Waals surface area (Å²) in [4.78, 5) is 32.5. The van der Waals surface area contributed by atoms with Crippen LogP contribution in [0, 0.1) is 6.92 Å². The predicted molar refractivity (Wildman–Crippen MR) is 169 cm³/mol. The molecular weight excluding hydrogens is 626 g/mol. The summed E-state index contributed by atoms with van der Waals surface area (Å²) >= 11 is 0. The molecule has 0 spiro atoms. The van der Waals surface area contributed by atoms with Crippen molar-refractivity contribution in [3.05, 3.63) is 100.0 Å². The van der Waals surface area contributed by atoms with Gasteiger partial charge in [0.05, 0.1) is 17.2 Å². The number of rotatable bonds is 7. The van der Waals surface area contributed by atoms with E-state index in [0.717, 1.165) is 30.0 Å². The van der Waals surface area contributed by atoms with E-state index in [2.05, 4.69) is 15.6 Å². The van der Waals surface area contributed by atoms with E-state index in [-0.39, 0.29) is 28.4 Å². The standard InChI is InChI=1S/C32H31F4N5O4S/c1-20-25(5-4-6-26(20)39-29(42)21-7-9-22(10-8-21)31(2,33)32(34,35)36)27-19-40(3)30(43)28(38-27)37-23-11-13-24(14-12-23)41-15-17-46(44,45)18-16-41/h4-14,19H,15-18H2,1-3H3,(H,37,38)(H,39,42). The van der Waals surface area contributed by atoms with Crippen LogP contribution >= 0.6 is 0 Å². The molecule has 1 atom stereocenters. The maximum absolute atomic E-state index is 14.3. The first kappa shape index (κ1) is 32.7. The van der Waals surface area contributed by atoms with Crippen LogP contribution in [0.25, 0.3) is 11.3 Å². The number of benzene rings is 3. The van der Waals surface area contributed by atoms with Crippen LogP contribution in [-0.2, 0) is 22.6 Å². The highest BCUT2D eigenvalue weighted by Crippen LogP contribution is 2.42. The molecule has 1 aliphatic rings. The number of halogens is 4. The van der Waals surface area contributed by atoms with E-state index in [9.17, 15) is 35.6 Å². The van der Waals surface area contributed by atoms with Gasteiger partial charge in [0, 0.05) is 54.5 Å². The normalized spacial score (nSPS) is 16.0. The van der Waals surface area contributed by atoms with Gasteiger partial charge in [0.2, 0.25) is 5.67 Å². The Morgan fingerprint density at radius 2 is 1.57 bits per heavy atom. The first-order valence-corrected chi connectivity index (χ1v) is 16.1. The molecule has 1 unspecified atom stereocenters. The Morgan fingerprint density at radius 1 is 0.935 bits per heavy atom. The monoisotopic (exact) mass is 657 g/mol. The van der Waals surface area contributed by atoms with Crippen molar-refractivity contribution in [2.45, 2.75) is 25.7 Å². The van der Waals surface area contributed by atoms with Gasteiger partial charge >= 0.3 is 6.18 Å². The first-order valence-electron chi connectivity index (χ1n) is 14.2. The summed E-state index contributed by atoms with van der Waals surface area (Å²) in [5, 5.41) is 5.79. The van der Waals surface area contributed by atoms with Crippen LogP contribution in [0.5, 0.6) is 0 Å². The Kier molecular flexibility index (Phi) is 8.69. The molecule has 46 heavy (non-hydrogen) atoms. The highest BCUT2D eigenvalue weighted by Gasteiger charge is 2.53. The van der Waals surface area contributed by atoms with Gasteiger partial charge in [-0.05, 0) is 67.4 Å². The molecule has 0 saturated carbocycles. The fourth-order valence-corrected chi connectivity index (χ4v) is 6.22. The molecule has 14 heteroatoms. The quantitative estimate of drug-likeness (QED) is 0.244. The molecule has 0 radical (unpaired) electrons. The summed E-state index contributed by atoms with van der Waals surface area (Å²) in [5.74, 6) is -0.348. The second kappa shape index (κ2) is 12.2. The first-order chi connectivity index (χ1) is 21.6. The van der Waals surface area contributed by atoms with E-state index in [1.807, 2.05) is 17.0 Å². The molecule has 9 nitrogen and oxygen atoms in total. The van der Waals surface area contributed by atoms with E-state index < -0.39 is 33.2 Å². The molecule has 5 rings (SSSR count). The lowest BCUT2D eigenvalue weighted by molar-refractivity contribution is -0.228. The predicted octanol–water partition coefficient (Wildman–Crippen LogP) is 5.73. The van der Waals surface area contributed by atoms with Crippen molar-refractivity contribution in [1.29, 1.82) is 0 Å². The van der Waals surface area contributed by atoms with Crippen LogP contribution in [-0.4, -0.2) is 54.6 Å². The fourth-order valence-electron chi connectivity index (χ4n) is 5.02. The Labute approximate surface area is 262 Å². The SMILES string of the molecule is Cc1c(NC(=O)c2ccc(C(C)(F)C(F)(F)F)cc2)cccc1-c1cn(C)c(=O)c(Nc2ccc(N3CCS(=O)(=O)CC3)cc2)n1. The molecule has 3 aromatic carbocycles. The highest BCUT2D eigenvalue weighted by atomic mass is 32.2. The maximum atomic E-state index is 14.3. The number of nitrogens with one attached hydrogen (secondary N) is 2. The van der Waals surface area contributed by atoms with Gasteiger partial charge in [-0.25, -0.2) is 17.8 Å². The third-order valence-corrected chi connectivity index (χ3v) is 9.60. The molecule has 1 aromatic heterocycles. The lowest BCUT2D eigenvalue weighted by Gasteiger charge is -2.28. The van der Waals surface area contributed by atoms with Crippen molar-refractivity contribution in [3.8, 4) is 11.3 Å². The number of carbonyl (C=O) groups excluding carboxylic acids is 1. The van der Waals surface area contributed by atoms with Gasteiger partial charge in [0.25, 0.3) is 11.5 Å². The molecule has 242 valence electrons. The molecule has 1 aliphatic heterocycles. The minimum Gasteiger partial charge on any atom is -0.369 e. The number of sulfone groups is 1. The molecule has 1 fully saturated rings. The van der Waals surface area contributed by atoms with Crippen LogP contribution in [0.4, 0.5) is 40.4 Å². The van der Waals surface area contributed by atoms with E-state index in [4.69, 9.17) is 0 Å². The Bertz CT molecular complexity index is 1930. The summed E-state index contributed by atoms with van der Waals surface area (Å²) < 4.78 is 78.4. The van der Waals surface area contributed by atoms with Crippen molar-refractivity contribution >= 4 is 38.6 Å². The number of hydrogen-bond donors (Lipinski definition) is 2. The number of aryl methyl sites for hydroxylation is 1. The third-order valence-electron chi connectivity index (χ3n) is 7.99. The van der Waals surface area contributed by atoms with Gasteiger partial charge < -0.3 is 20.1 Å². The molecular formula is C32H31F4N5O4S. The number of nitrogens with zero attached hydrogens (tertiary/aromatic N) is 3. The molecule has 1 amide bonds. The molecule has 0 aliphatic carbocycles. The molecule has 2 heterocycles. The van der Waals surface area contributed by atoms with E-state index >= 15 is 0 Å². The topological polar surface area (TPSA) is 113 Å². The summed E-state index contributed by atoms with van der Waals surface area (Å²) in [7, 11) is -1.42. The van der Waals surface area contributed by atoms with E-state index in [1.165, 1.54) is 4.57 Å². The summed E-state index contributed by atoms with van der Waals surface area (Å²) in [6, 6.07) is 16.4. The van der Waals surface area contributed by atoms with Crippen molar-refractivity contribution < 1.29 is 30.8 Å². The second-order valence-electron chi connectivity index (χ2n) is 11.2. The van der Waals surface area contributed by atoms with Crippen LogP contribution in [0.3, 0.4) is 0 Å². The molecule has 1 saturated heterocycles. The number of hydrogen-bond acceptors (Lipinski definition) is 7. The van der Waals surface area contributed by atoms with E-state index in [0.29, 0.717) is 48.2 Å². The zero-order chi connectivity index (χ0) is 33.4. The average molecular weight is 658 g/mol. The minimum absolute atomic E-state index is 0.0367. The fraction of sp³-hybridized carbons (Fsp3) is 0.281. The second-order valence-corrected chi connectivity index (χ2v) is 13.5. The van der Waals surface area contributed by atoms with Gasteiger partial charge in [0.15, 0.2) is 15.7 Å². The van der Waals surface area contributed by atoms with Crippen molar-refractivity contribution in [1.82, 2.24) is 9.55 Å². The van der Waals surface area contributed by atoms with Crippen molar-refractivity contribution in [3.63, 3.8) is 0 Å². The van der Waals surface area contributed by atoms with Crippen LogP contribution in [0.15, 0.2) is 77.7 Å². The summed E-state index contributed by atoms with van der Waals surface area (Å²) in [6.07, 6.45) is -3.55. The Balaban J connectivity index is 1.34. The van der Waals surface area contributed by atoms with Crippen LogP contribution in [0.2, 0.25) is 0 Å². The molecule has 2 N–H and O–H groups in total. The molecule has 4 aromatic rings. The van der Waals surface area contributed by atoms with Gasteiger partial charge in [-0.15, -0.1) is 0 Å². The average Bonchev–Trinajstić information content (AvgIpc) is 3.00. The van der Waals surface area contributed by atoms with Gasteiger partial charge in [0.1, 0.15) is 0 Å². The highest BCUT2D eigenvalue weighted by molar-refractivity contribution is 7.91. The zero-order valence-corrected chi connectivity index (χ0v) is 26.0. The number of amides is 1. The van der Waals surface area contributed by atoms with Crippen LogP contribution in [0.1, 0.15) is 28.4 Å². The zero-order valence-electron chi connectivity index (χ0n) is 25.2.